The molecular formula is C17H24N2O4S. The zero-order valence-corrected chi connectivity index (χ0v) is 14.8. The summed E-state index contributed by atoms with van der Waals surface area (Å²) in [5.74, 6) is -0.135. The number of aliphatic hydroxyl groups excluding tert-OH is 1. The van der Waals surface area contributed by atoms with Gasteiger partial charge in [-0.1, -0.05) is 0 Å². The summed E-state index contributed by atoms with van der Waals surface area (Å²) in [7, 11) is -3.32. The third-order valence-electron chi connectivity index (χ3n) is 4.88. The van der Waals surface area contributed by atoms with Crippen LogP contribution in [0.25, 0.3) is 0 Å². The molecule has 132 valence electrons. The summed E-state index contributed by atoms with van der Waals surface area (Å²) in [6, 6.07) is 5.17. The predicted molar refractivity (Wildman–Crippen MR) is 92.7 cm³/mol. The molecule has 0 radical (unpaired) electrons. The second-order valence-corrected chi connectivity index (χ2v) is 8.79. The number of anilines is 1. The maximum atomic E-state index is 12.4. The van der Waals surface area contributed by atoms with Crippen molar-refractivity contribution < 1.29 is 18.3 Å². The van der Waals surface area contributed by atoms with Crippen molar-refractivity contribution >= 4 is 21.6 Å². The molecule has 1 atom stereocenters. The normalized spacial score (nSPS) is 27.0. The number of hydrogen-bond donors (Lipinski definition) is 2. The number of fused-ring (bicyclic) bond motifs is 1. The van der Waals surface area contributed by atoms with Crippen LogP contribution in [0.15, 0.2) is 18.2 Å². The number of nitrogens with zero attached hydrogens (tertiary/aromatic N) is 1. The fourth-order valence-corrected chi connectivity index (χ4v) is 5.00. The SMILES string of the molecule is CC1Cc2cc(C(=O)NC3CCC(O)CC3)ccc2N1S(C)(=O)=O. The topological polar surface area (TPSA) is 86.7 Å². The summed E-state index contributed by atoms with van der Waals surface area (Å²) in [6.45, 7) is 1.87. The first-order valence-corrected chi connectivity index (χ1v) is 10.2. The lowest BCUT2D eigenvalue weighted by Gasteiger charge is -2.26. The number of aliphatic hydroxyl groups is 1. The van der Waals surface area contributed by atoms with E-state index in [1.54, 1.807) is 18.2 Å². The predicted octanol–water partition coefficient (Wildman–Crippen LogP) is 1.43. The smallest absolute Gasteiger partial charge is 0.251 e. The molecule has 2 N–H and O–H groups in total. The van der Waals surface area contributed by atoms with E-state index in [9.17, 15) is 18.3 Å². The van der Waals surface area contributed by atoms with E-state index in [1.807, 2.05) is 6.92 Å². The molecule has 2 aliphatic rings. The van der Waals surface area contributed by atoms with Crippen molar-refractivity contribution in [2.75, 3.05) is 10.6 Å². The standard InChI is InChI=1S/C17H24N2O4S/c1-11-9-13-10-12(3-8-16(13)19(11)24(2,22)23)17(21)18-14-4-6-15(20)7-5-14/h3,8,10-11,14-15,20H,4-7,9H2,1-2H3,(H,18,21). The summed E-state index contributed by atoms with van der Waals surface area (Å²) in [5.41, 5.74) is 2.12. The minimum Gasteiger partial charge on any atom is -0.393 e. The average Bonchev–Trinajstić information content (AvgIpc) is 2.84. The van der Waals surface area contributed by atoms with Crippen LogP contribution in [-0.4, -0.2) is 43.9 Å². The number of carbonyl (C=O) groups excluding carboxylic acids is 1. The Morgan fingerprint density at radius 2 is 1.92 bits per heavy atom. The number of rotatable bonds is 3. The molecule has 7 heteroatoms. The molecule has 1 unspecified atom stereocenters. The first-order chi connectivity index (χ1) is 11.3. The minimum atomic E-state index is -3.32. The Bertz CT molecular complexity index is 739. The van der Waals surface area contributed by atoms with E-state index in [0.717, 1.165) is 31.2 Å². The Hall–Kier alpha value is -1.60. The Kier molecular flexibility index (Phi) is 4.57. The molecule has 1 aromatic carbocycles. The van der Waals surface area contributed by atoms with Crippen molar-refractivity contribution in [2.24, 2.45) is 0 Å². The highest BCUT2D eigenvalue weighted by Crippen LogP contribution is 2.34. The van der Waals surface area contributed by atoms with Gasteiger partial charge in [-0.25, -0.2) is 8.42 Å². The highest BCUT2D eigenvalue weighted by atomic mass is 32.2. The molecule has 1 saturated carbocycles. The van der Waals surface area contributed by atoms with Crippen LogP contribution in [0.2, 0.25) is 0 Å². The monoisotopic (exact) mass is 352 g/mol. The second kappa shape index (κ2) is 6.37. The minimum absolute atomic E-state index is 0.0978. The van der Waals surface area contributed by atoms with E-state index >= 15 is 0 Å². The molecule has 1 aliphatic heterocycles. The van der Waals surface area contributed by atoms with E-state index in [1.165, 1.54) is 10.6 Å². The molecular weight excluding hydrogens is 328 g/mol. The van der Waals surface area contributed by atoms with Crippen molar-refractivity contribution in [1.29, 1.82) is 0 Å². The molecule has 0 spiro atoms. The van der Waals surface area contributed by atoms with E-state index in [4.69, 9.17) is 0 Å². The zero-order valence-electron chi connectivity index (χ0n) is 14.0. The fourth-order valence-electron chi connectivity index (χ4n) is 3.74. The van der Waals surface area contributed by atoms with Crippen molar-refractivity contribution in [3.05, 3.63) is 29.3 Å². The van der Waals surface area contributed by atoms with Gasteiger partial charge in [-0.15, -0.1) is 0 Å². The van der Waals surface area contributed by atoms with Crippen LogP contribution < -0.4 is 9.62 Å². The van der Waals surface area contributed by atoms with Gasteiger partial charge in [0.15, 0.2) is 0 Å². The summed E-state index contributed by atoms with van der Waals surface area (Å²) in [4.78, 5) is 12.4. The van der Waals surface area contributed by atoms with Crippen LogP contribution in [0.4, 0.5) is 5.69 Å². The lowest BCUT2D eigenvalue weighted by Crippen LogP contribution is -2.38. The average molecular weight is 352 g/mol. The fraction of sp³-hybridized carbons (Fsp3) is 0.588. The summed E-state index contributed by atoms with van der Waals surface area (Å²) in [5, 5.41) is 12.6. The molecule has 3 rings (SSSR count). The van der Waals surface area contributed by atoms with Gasteiger partial charge in [0.2, 0.25) is 10.0 Å². The Balaban J connectivity index is 1.75. The molecule has 1 aromatic rings. The number of carbonyl (C=O) groups is 1. The number of benzene rings is 1. The quantitative estimate of drug-likeness (QED) is 0.862. The van der Waals surface area contributed by atoms with Gasteiger partial charge < -0.3 is 10.4 Å². The van der Waals surface area contributed by atoms with Gasteiger partial charge in [0.1, 0.15) is 0 Å². The molecule has 0 aromatic heterocycles. The Labute approximate surface area is 142 Å². The lowest BCUT2D eigenvalue weighted by atomic mass is 9.93. The van der Waals surface area contributed by atoms with Crippen LogP contribution in [0.1, 0.15) is 48.5 Å². The van der Waals surface area contributed by atoms with E-state index in [0.29, 0.717) is 17.7 Å². The summed E-state index contributed by atoms with van der Waals surface area (Å²) in [6.07, 6.45) is 4.58. The van der Waals surface area contributed by atoms with Gasteiger partial charge in [-0.05, 0) is 62.8 Å². The van der Waals surface area contributed by atoms with Crippen LogP contribution in [0, 0.1) is 0 Å². The maximum absolute atomic E-state index is 12.4. The molecule has 6 nitrogen and oxygen atoms in total. The molecule has 0 saturated heterocycles. The van der Waals surface area contributed by atoms with Gasteiger partial charge in [0.25, 0.3) is 5.91 Å². The molecule has 1 heterocycles. The largest absolute Gasteiger partial charge is 0.393 e. The molecule has 24 heavy (non-hydrogen) atoms. The first-order valence-electron chi connectivity index (χ1n) is 8.37. The number of amides is 1. The summed E-state index contributed by atoms with van der Waals surface area (Å²) >= 11 is 0. The number of hydrogen-bond acceptors (Lipinski definition) is 4. The van der Waals surface area contributed by atoms with Gasteiger partial charge in [-0.2, -0.15) is 0 Å². The highest BCUT2D eigenvalue weighted by Gasteiger charge is 2.33. The number of nitrogens with one attached hydrogen (secondary N) is 1. The van der Waals surface area contributed by atoms with Crippen molar-refractivity contribution in [3.63, 3.8) is 0 Å². The van der Waals surface area contributed by atoms with Gasteiger partial charge in [0.05, 0.1) is 18.0 Å². The molecule has 1 amide bonds. The second-order valence-electron chi connectivity index (χ2n) is 6.93. The number of sulfonamides is 1. The zero-order chi connectivity index (χ0) is 17.5. The Morgan fingerprint density at radius 3 is 2.54 bits per heavy atom. The van der Waals surface area contributed by atoms with Crippen molar-refractivity contribution in [1.82, 2.24) is 5.32 Å². The Morgan fingerprint density at radius 1 is 1.25 bits per heavy atom. The van der Waals surface area contributed by atoms with Gasteiger partial charge >= 0.3 is 0 Å². The molecule has 0 bridgehead atoms. The van der Waals surface area contributed by atoms with E-state index in [2.05, 4.69) is 5.32 Å². The van der Waals surface area contributed by atoms with Crippen molar-refractivity contribution in [2.45, 2.75) is 57.2 Å². The van der Waals surface area contributed by atoms with Gasteiger partial charge in [0, 0.05) is 17.6 Å². The lowest BCUT2D eigenvalue weighted by molar-refractivity contribution is 0.0867. The van der Waals surface area contributed by atoms with Crippen LogP contribution in [-0.2, 0) is 16.4 Å². The van der Waals surface area contributed by atoms with Crippen molar-refractivity contribution in [3.8, 4) is 0 Å². The summed E-state index contributed by atoms with van der Waals surface area (Å²) < 4.78 is 25.3. The third kappa shape index (κ3) is 3.42. The third-order valence-corrected chi connectivity index (χ3v) is 6.16. The molecule has 1 fully saturated rings. The van der Waals surface area contributed by atoms with E-state index < -0.39 is 10.0 Å². The maximum Gasteiger partial charge on any atom is 0.251 e. The highest BCUT2D eigenvalue weighted by molar-refractivity contribution is 7.92. The van der Waals surface area contributed by atoms with Gasteiger partial charge in [-0.3, -0.25) is 9.10 Å². The first kappa shape index (κ1) is 17.2. The molecule has 1 aliphatic carbocycles. The van der Waals surface area contributed by atoms with E-state index in [-0.39, 0.29) is 24.1 Å². The van der Waals surface area contributed by atoms with Crippen LogP contribution in [0.3, 0.4) is 0 Å². The van der Waals surface area contributed by atoms with Crippen LogP contribution in [0.5, 0.6) is 0 Å². The van der Waals surface area contributed by atoms with Crippen LogP contribution >= 0.6 is 0 Å².